The molecular formula is C14H22N4O. The second kappa shape index (κ2) is 6.10. The Morgan fingerprint density at radius 2 is 2.05 bits per heavy atom. The summed E-state index contributed by atoms with van der Waals surface area (Å²) in [4.78, 5) is 14.3. The molecule has 1 N–H and O–H groups in total. The zero-order chi connectivity index (χ0) is 13.8. The first-order chi connectivity index (χ1) is 9.08. The molecule has 1 fully saturated rings. The van der Waals surface area contributed by atoms with E-state index in [0.717, 1.165) is 38.2 Å². The van der Waals surface area contributed by atoms with E-state index < -0.39 is 0 Å². The number of amides is 1. The van der Waals surface area contributed by atoms with E-state index in [1.54, 1.807) is 0 Å². The van der Waals surface area contributed by atoms with Gasteiger partial charge in [0.15, 0.2) is 0 Å². The topological polar surface area (TPSA) is 58.1 Å². The molecule has 0 bridgehead atoms. The first-order valence-corrected chi connectivity index (χ1v) is 6.85. The maximum atomic E-state index is 12.4. The van der Waals surface area contributed by atoms with Crippen LogP contribution in [0.3, 0.4) is 0 Å². The van der Waals surface area contributed by atoms with Crippen LogP contribution in [0.2, 0.25) is 0 Å². The smallest absolute Gasteiger partial charge is 0.255 e. The highest BCUT2D eigenvalue weighted by atomic mass is 16.2. The van der Waals surface area contributed by atoms with Crippen LogP contribution in [-0.4, -0.2) is 47.7 Å². The van der Waals surface area contributed by atoms with E-state index in [2.05, 4.69) is 15.5 Å². The van der Waals surface area contributed by atoms with E-state index in [0.29, 0.717) is 17.2 Å². The van der Waals surface area contributed by atoms with Gasteiger partial charge < -0.3 is 10.2 Å². The van der Waals surface area contributed by atoms with Crippen molar-refractivity contribution >= 4 is 5.91 Å². The number of nitrogens with zero attached hydrogens (tertiary/aromatic N) is 3. The van der Waals surface area contributed by atoms with Gasteiger partial charge in [-0.05, 0) is 51.8 Å². The molecule has 0 aliphatic carbocycles. The maximum Gasteiger partial charge on any atom is 0.255 e. The van der Waals surface area contributed by atoms with Gasteiger partial charge >= 0.3 is 0 Å². The Bertz CT molecular complexity index is 455. The lowest BCUT2D eigenvalue weighted by Crippen LogP contribution is -2.37. The molecule has 1 amide bonds. The van der Waals surface area contributed by atoms with Crippen molar-refractivity contribution in [1.29, 1.82) is 0 Å². The number of carbonyl (C=O) groups is 1. The second-order valence-corrected chi connectivity index (χ2v) is 5.36. The van der Waals surface area contributed by atoms with Crippen LogP contribution in [0.25, 0.3) is 0 Å². The van der Waals surface area contributed by atoms with Crippen LogP contribution in [0.1, 0.15) is 34.6 Å². The van der Waals surface area contributed by atoms with Gasteiger partial charge in [0.2, 0.25) is 0 Å². The third kappa shape index (κ3) is 3.50. The average molecular weight is 262 g/mol. The molecule has 104 valence electrons. The van der Waals surface area contributed by atoms with E-state index in [9.17, 15) is 4.79 Å². The standard InChI is InChI=1S/C14H22N4O/c1-10-8-13(11(2)17-16-10)14(19)18(3)9-12-4-6-15-7-5-12/h8,12,15H,4-7,9H2,1-3H3. The number of nitrogens with one attached hydrogen (secondary N) is 1. The molecule has 0 aromatic carbocycles. The summed E-state index contributed by atoms with van der Waals surface area (Å²) in [5.74, 6) is 0.653. The van der Waals surface area contributed by atoms with Crippen molar-refractivity contribution in [2.75, 3.05) is 26.7 Å². The Morgan fingerprint density at radius 1 is 1.37 bits per heavy atom. The number of aromatic nitrogens is 2. The van der Waals surface area contributed by atoms with Crippen LogP contribution >= 0.6 is 0 Å². The van der Waals surface area contributed by atoms with Gasteiger partial charge in [-0.2, -0.15) is 10.2 Å². The highest BCUT2D eigenvalue weighted by Gasteiger charge is 2.20. The monoisotopic (exact) mass is 262 g/mol. The molecule has 1 aliphatic rings. The molecule has 5 heteroatoms. The molecular weight excluding hydrogens is 240 g/mol. The number of hydrogen-bond donors (Lipinski definition) is 1. The maximum absolute atomic E-state index is 12.4. The molecule has 1 aromatic rings. The van der Waals surface area contributed by atoms with Crippen molar-refractivity contribution in [2.24, 2.45) is 5.92 Å². The van der Waals surface area contributed by atoms with Crippen molar-refractivity contribution < 1.29 is 4.79 Å². The molecule has 0 atom stereocenters. The first kappa shape index (κ1) is 13.9. The quantitative estimate of drug-likeness (QED) is 0.888. The van der Waals surface area contributed by atoms with Gasteiger partial charge in [-0.25, -0.2) is 0 Å². The van der Waals surface area contributed by atoms with Crippen LogP contribution in [0.4, 0.5) is 0 Å². The highest BCUT2D eigenvalue weighted by Crippen LogP contribution is 2.15. The van der Waals surface area contributed by atoms with E-state index in [1.165, 1.54) is 0 Å². The Balaban J connectivity index is 2.03. The van der Waals surface area contributed by atoms with Crippen molar-refractivity contribution in [3.05, 3.63) is 23.0 Å². The molecule has 0 unspecified atom stereocenters. The lowest BCUT2D eigenvalue weighted by atomic mass is 9.97. The predicted molar refractivity (Wildman–Crippen MR) is 74.1 cm³/mol. The van der Waals surface area contributed by atoms with E-state index >= 15 is 0 Å². The summed E-state index contributed by atoms with van der Waals surface area (Å²) in [5.41, 5.74) is 2.15. The average Bonchev–Trinajstić information content (AvgIpc) is 2.42. The molecule has 1 aliphatic heterocycles. The van der Waals surface area contributed by atoms with Crippen molar-refractivity contribution in [2.45, 2.75) is 26.7 Å². The minimum atomic E-state index is 0.0500. The molecule has 2 rings (SSSR count). The van der Waals surface area contributed by atoms with Crippen molar-refractivity contribution in [3.63, 3.8) is 0 Å². The van der Waals surface area contributed by atoms with E-state index in [1.807, 2.05) is 31.9 Å². The van der Waals surface area contributed by atoms with Crippen LogP contribution in [0.5, 0.6) is 0 Å². The zero-order valence-corrected chi connectivity index (χ0v) is 11.9. The molecule has 19 heavy (non-hydrogen) atoms. The third-order valence-electron chi connectivity index (χ3n) is 3.67. The molecule has 1 aromatic heterocycles. The second-order valence-electron chi connectivity index (χ2n) is 5.36. The summed E-state index contributed by atoms with van der Waals surface area (Å²) >= 11 is 0. The fraction of sp³-hybridized carbons (Fsp3) is 0.643. The Hall–Kier alpha value is -1.49. The van der Waals surface area contributed by atoms with Gasteiger partial charge in [-0.15, -0.1) is 0 Å². The molecule has 5 nitrogen and oxygen atoms in total. The predicted octanol–water partition coefficient (Wildman–Crippen LogP) is 1.17. The van der Waals surface area contributed by atoms with Gasteiger partial charge in [0.1, 0.15) is 0 Å². The lowest BCUT2D eigenvalue weighted by Gasteiger charge is -2.27. The fourth-order valence-corrected chi connectivity index (χ4v) is 2.51. The minimum Gasteiger partial charge on any atom is -0.341 e. The zero-order valence-electron chi connectivity index (χ0n) is 11.9. The number of aryl methyl sites for hydroxylation is 2. The lowest BCUT2D eigenvalue weighted by molar-refractivity contribution is 0.0761. The number of rotatable bonds is 3. The van der Waals surface area contributed by atoms with Gasteiger partial charge in [0.25, 0.3) is 5.91 Å². The highest BCUT2D eigenvalue weighted by molar-refractivity contribution is 5.95. The van der Waals surface area contributed by atoms with Gasteiger partial charge in [-0.1, -0.05) is 0 Å². The van der Waals surface area contributed by atoms with Crippen LogP contribution < -0.4 is 5.32 Å². The summed E-state index contributed by atoms with van der Waals surface area (Å²) in [6, 6.07) is 1.82. The summed E-state index contributed by atoms with van der Waals surface area (Å²) < 4.78 is 0. The first-order valence-electron chi connectivity index (χ1n) is 6.85. The SMILES string of the molecule is Cc1cc(C(=O)N(C)CC2CCNCC2)c(C)nn1. The fourth-order valence-electron chi connectivity index (χ4n) is 2.51. The Labute approximate surface area is 114 Å². The normalized spacial score (nSPS) is 16.4. The summed E-state index contributed by atoms with van der Waals surface area (Å²) in [5, 5.41) is 11.3. The summed E-state index contributed by atoms with van der Waals surface area (Å²) in [6.07, 6.45) is 2.29. The summed E-state index contributed by atoms with van der Waals surface area (Å²) in [6.45, 7) is 6.62. The Kier molecular flexibility index (Phi) is 4.47. The summed E-state index contributed by atoms with van der Waals surface area (Å²) in [7, 11) is 1.87. The van der Waals surface area contributed by atoms with Crippen LogP contribution in [0.15, 0.2) is 6.07 Å². The molecule has 0 radical (unpaired) electrons. The van der Waals surface area contributed by atoms with Crippen LogP contribution in [-0.2, 0) is 0 Å². The van der Waals surface area contributed by atoms with E-state index in [4.69, 9.17) is 0 Å². The van der Waals surface area contributed by atoms with Crippen molar-refractivity contribution in [1.82, 2.24) is 20.4 Å². The van der Waals surface area contributed by atoms with Gasteiger partial charge in [-0.3, -0.25) is 4.79 Å². The Morgan fingerprint density at radius 3 is 2.74 bits per heavy atom. The number of hydrogen-bond acceptors (Lipinski definition) is 4. The van der Waals surface area contributed by atoms with E-state index in [-0.39, 0.29) is 5.91 Å². The number of piperidine rings is 1. The minimum absolute atomic E-state index is 0.0500. The van der Waals surface area contributed by atoms with Gasteiger partial charge in [0.05, 0.1) is 17.0 Å². The van der Waals surface area contributed by atoms with Gasteiger partial charge in [0, 0.05) is 13.6 Å². The molecule has 1 saturated heterocycles. The number of carbonyl (C=O) groups excluding carboxylic acids is 1. The largest absolute Gasteiger partial charge is 0.341 e. The molecule has 0 saturated carbocycles. The van der Waals surface area contributed by atoms with Crippen molar-refractivity contribution in [3.8, 4) is 0 Å². The molecule has 0 spiro atoms. The molecule has 2 heterocycles. The van der Waals surface area contributed by atoms with Crippen LogP contribution in [0, 0.1) is 19.8 Å². The third-order valence-corrected chi connectivity index (χ3v) is 3.67.